The van der Waals surface area contributed by atoms with Crippen LogP contribution >= 0.6 is 22.7 Å². The van der Waals surface area contributed by atoms with Crippen LogP contribution in [0.25, 0.3) is 40.3 Å². The topological polar surface area (TPSA) is 25.4 Å². The van der Waals surface area contributed by atoms with Crippen LogP contribution in [0.4, 0.5) is 85.3 Å². The molecule has 0 atom stereocenters. The Kier molecular flexibility index (Phi) is 11.9. The Hall–Kier alpha value is -11.6. The Morgan fingerprint density at radius 1 is 0.266 bits per heavy atom. The number of thiophene rings is 2. The van der Waals surface area contributed by atoms with Gasteiger partial charge in [-0.15, -0.1) is 22.7 Å². The molecule has 0 aliphatic carbocycles. The van der Waals surface area contributed by atoms with Crippen molar-refractivity contribution in [3.05, 3.63) is 322 Å². The number of para-hydroxylation sites is 7. The van der Waals surface area contributed by atoms with Gasteiger partial charge in [0, 0.05) is 99.6 Å². The monoisotopic (exact) mass is 1230 g/mol. The van der Waals surface area contributed by atoms with Gasteiger partial charge in [0.1, 0.15) is 11.5 Å². The van der Waals surface area contributed by atoms with Crippen molar-refractivity contribution in [2.75, 3.05) is 24.5 Å². The first-order valence-corrected chi connectivity index (χ1v) is 33.8. The van der Waals surface area contributed by atoms with E-state index >= 15 is 0 Å². The van der Waals surface area contributed by atoms with Crippen molar-refractivity contribution in [3.8, 4) is 11.5 Å². The van der Waals surface area contributed by atoms with Gasteiger partial charge in [-0.25, -0.2) is 0 Å². The van der Waals surface area contributed by atoms with Gasteiger partial charge < -0.3 is 29.2 Å². The summed E-state index contributed by atoms with van der Waals surface area (Å²) in [6.45, 7) is -0.386. The highest BCUT2D eigenvalue weighted by Crippen LogP contribution is 2.54. The number of benzene rings is 14. The van der Waals surface area contributed by atoms with Gasteiger partial charge in [-0.05, 0) is 154 Å². The molecule has 0 bridgehead atoms. The molecule has 2 aromatic heterocycles. The van der Waals surface area contributed by atoms with E-state index in [1.165, 1.54) is 62.2 Å². The third-order valence-electron chi connectivity index (χ3n) is 19.6. The van der Waals surface area contributed by atoms with Crippen LogP contribution in [0.2, 0.25) is 0 Å². The van der Waals surface area contributed by atoms with Crippen molar-refractivity contribution in [1.29, 1.82) is 0 Å². The molecule has 0 fully saturated rings. The molecule has 0 saturated heterocycles. The average Bonchev–Trinajstić information content (AvgIpc) is 0.919. The van der Waals surface area contributed by atoms with Gasteiger partial charge in [0.15, 0.2) is 0 Å². The van der Waals surface area contributed by atoms with Crippen molar-refractivity contribution in [2.45, 2.75) is 0 Å². The van der Waals surface area contributed by atoms with Crippen LogP contribution in [0.15, 0.2) is 322 Å². The lowest BCUT2D eigenvalue weighted by Gasteiger charge is -2.46. The minimum absolute atomic E-state index is 0.175. The van der Waals surface area contributed by atoms with Crippen LogP contribution < -0.4 is 62.0 Å². The number of nitrogens with zero attached hydrogens (tertiary/aromatic N) is 5. The predicted octanol–water partition coefficient (Wildman–Crippen LogP) is 19.8. The smallest absolute Gasteiger partial charge is 0.256 e. The third kappa shape index (κ3) is 7.97. The second kappa shape index (κ2) is 21.0. The number of anilines is 15. The quantitative estimate of drug-likeness (QED) is 0.134. The van der Waals surface area contributed by atoms with E-state index in [0.717, 1.165) is 108 Å². The van der Waals surface area contributed by atoms with Crippen LogP contribution in [0.5, 0.6) is 11.5 Å². The van der Waals surface area contributed by atoms with E-state index in [4.69, 9.17) is 4.74 Å². The van der Waals surface area contributed by atoms with E-state index in [-0.39, 0.29) is 13.4 Å². The van der Waals surface area contributed by atoms with Gasteiger partial charge >= 0.3 is 0 Å². The van der Waals surface area contributed by atoms with Crippen LogP contribution in [0.1, 0.15) is 0 Å². The number of fused-ring (bicyclic) bond motifs is 14. The molecule has 0 radical (unpaired) electrons. The highest BCUT2D eigenvalue weighted by molar-refractivity contribution is 7.27. The van der Waals surface area contributed by atoms with E-state index < -0.39 is 0 Å². The maximum Gasteiger partial charge on any atom is 0.256 e. The van der Waals surface area contributed by atoms with E-state index in [1.807, 2.05) is 22.7 Å². The summed E-state index contributed by atoms with van der Waals surface area (Å²) in [5.74, 6) is 1.70. The van der Waals surface area contributed by atoms with Crippen molar-refractivity contribution in [3.63, 3.8) is 0 Å². The zero-order chi connectivity index (χ0) is 61.5. The summed E-state index contributed by atoms with van der Waals surface area (Å²) in [4.78, 5) is 12.6. The Balaban J connectivity index is 0.909. The lowest BCUT2D eigenvalue weighted by molar-refractivity contribution is 0.487. The number of rotatable bonds is 9. The van der Waals surface area contributed by atoms with Crippen molar-refractivity contribution in [1.82, 2.24) is 0 Å². The van der Waals surface area contributed by atoms with Gasteiger partial charge in [0.25, 0.3) is 13.4 Å². The summed E-state index contributed by atoms with van der Waals surface area (Å²) >= 11 is 3.73. The minimum Gasteiger partial charge on any atom is -0.458 e. The van der Waals surface area contributed by atoms with Crippen LogP contribution in [0.3, 0.4) is 0 Å². The summed E-state index contributed by atoms with van der Waals surface area (Å²) in [5, 5.41) is 4.99. The van der Waals surface area contributed by atoms with E-state index in [2.05, 4.69) is 346 Å². The first kappa shape index (κ1) is 53.1. The van der Waals surface area contributed by atoms with Gasteiger partial charge in [0.05, 0.1) is 32.1 Å². The molecule has 438 valence electrons. The molecule has 0 unspecified atom stereocenters. The van der Waals surface area contributed by atoms with Gasteiger partial charge in [-0.3, -0.25) is 0 Å². The summed E-state index contributed by atoms with van der Waals surface area (Å²) in [7, 11) is 0. The minimum atomic E-state index is -0.211. The fraction of sp³-hybridized carbons (Fsp3) is 0. The molecule has 6 nitrogen and oxygen atoms in total. The molecule has 10 heteroatoms. The Morgan fingerprint density at radius 2 is 0.713 bits per heavy atom. The molecule has 20 rings (SSSR count). The summed E-state index contributed by atoms with van der Waals surface area (Å²) in [6, 6.07) is 119. The zero-order valence-electron chi connectivity index (χ0n) is 50.7. The van der Waals surface area contributed by atoms with Gasteiger partial charge in [-0.1, -0.05) is 194 Å². The maximum absolute atomic E-state index is 7.49. The average molecular weight is 1230 g/mol. The molecule has 16 aromatic rings. The number of ether oxygens (including phenoxy) is 1. The fourth-order valence-corrected chi connectivity index (χ4v) is 18.2. The molecule has 6 heterocycles. The summed E-state index contributed by atoms with van der Waals surface area (Å²) in [5.41, 5.74) is 23.6. The Bertz CT molecular complexity index is 5690. The lowest BCUT2D eigenvalue weighted by Crippen LogP contribution is -2.64. The molecule has 0 N–H and O–H groups in total. The molecular weight excluding hydrogens is 1180 g/mol. The highest BCUT2D eigenvalue weighted by Gasteiger charge is 2.49. The standard InChI is InChI=1S/C84H53B2N5OS2/c1-6-26-54(27-7-1)87(55-28-8-2-9-29-55)59-48-74-81-75(49-59)90(58-34-14-5-15-35-58)72-53-73-68(52-67(72)85(81)65-40-18-20-42-69(65)89(74)57-32-12-4-13-33-57)86-66-41-19-21-45-77(66)92-78-51-60(50-76(82(78)86)91(73)71-44-25-39-64-62-37-17-23-47-80(62)94-84(64)71)88(56-30-10-3-11-31-56)70-43-24-38-63-61-36-16-22-46-79(61)93-83(63)70/h1-53H. The Labute approximate surface area is 553 Å². The molecular formula is C84H53B2N5OS2. The second-order valence-corrected chi connectivity index (χ2v) is 26.8. The molecule has 0 spiro atoms. The largest absolute Gasteiger partial charge is 0.458 e. The molecule has 0 amide bonds. The van der Waals surface area contributed by atoms with E-state index in [0.29, 0.717) is 0 Å². The molecule has 14 aromatic carbocycles. The SMILES string of the molecule is c1ccc(N(c2ccccc2)c2cc3c4c(c2)N(c2ccccc2)c2cc5c(cc2B4c2ccccc2N3c2ccccc2)B2c3ccccc3Oc3cc(N(c4ccccc4)c4cccc6c4sc4ccccc46)cc(c32)N5c2cccc3c2sc2ccccc23)cc1. The lowest BCUT2D eigenvalue weighted by atomic mass is 9.30. The summed E-state index contributed by atoms with van der Waals surface area (Å²) in [6.07, 6.45) is 0. The van der Waals surface area contributed by atoms with E-state index in [9.17, 15) is 0 Å². The van der Waals surface area contributed by atoms with Crippen LogP contribution in [-0.2, 0) is 0 Å². The van der Waals surface area contributed by atoms with Crippen molar-refractivity contribution in [2.24, 2.45) is 0 Å². The van der Waals surface area contributed by atoms with Crippen molar-refractivity contribution >= 4 is 195 Å². The first-order chi connectivity index (χ1) is 46.7. The van der Waals surface area contributed by atoms with Gasteiger partial charge in [0.2, 0.25) is 0 Å². The maximum atomic E-state index is 7.49. The van der Waals surface area contributed by atoms with E-state index in [1.54, 1.807) is 0 Å². The molecule has 94 heavy (non-hydrogen) atoms. The second-order valence-electron chi connectivity index (χ2n) is 24.7. The van der Waals surface area contributed by atoms with Crippen LogP contribution in [0, 0.1) is 0 Å². The summed E-state index contributed by atoms with van der Waals surface area (Å²) < 4.78 is 12.5. The first-order valence-electron chi connectivity index (χ1n) is 32.1. The predicted molar refractivity (Wildman–Crippen MR) is 401 cm³/mol. The van der Waals surface area contributed by atoms with Gasteiger partial charge in [-0.2, -0.15) is 0 Å². The fourth-order valence-electron chi connectivity index (χ4n) is 15.8. The zero-order valence-corrected chi connectivity index (χ0v) is 52.3. The highest BCUT2D eigenvalue weighted by atomic mass is 32.1. The normalized spacial score (nSPS) is 13.1. The van der Waals surface area contributed by atoms with Crippen molar-refractivity contribution < 1.29 is 4.74 Å². The molecule has 4 aliphatic rings. The Morgan fingerprint density at radius 3 is 1.35 bits per heavy atom. The molecule has 0 saturated carbocycles. The number of hydrogen-bond donors (Lipinski definition) is 0. The van der Waals surface area contributed by atoms with Crippen LogP contribution in [-0.4, -0.2) is 13.4 Å². The number of hydrogen-bond acceptors (Lipinski definition) is 8. The molecule has 4 aliphatic heterocycles. The third-order valence-corrected chi connectivity index (χ3v) is 22.0.